The lowest BCUT2D eigenvalue weighted by molar-refractivity contribution is -0.384. The van der Waals surface area contributed by atoms with Gasteiger partial charge in [0.25, 0.3) is 5.69 Å². The number of carbonyl (C=O) groups is 2. The number of sulfonamides is 1. The van der Waals surface area contributed by atoms with Crippen LogP contribution in [0.5, 0.6) is 0 Å². The smallest absolute Gasteiger partial charge is 0.412 e. The van der Waals surface area contributed by atoms with E-state index in [1.54, 1.807) is 20.8 Å². The van der Waals surface area contributed by atoms with Crippen LogP contribution >= 0.6 is 0 Å². The summed E-state index contributed by atoms with van der Waals surface area (Å²) in [5.41, 5.74) is -0.434. The molecular weight excluding hydrogens is 454 g/mol. The Bertz CT molecular complexity index is 1140. The summed E-state index contributed by atoms with van der Waals surface area (Å²) in [6.45, 7) is 5.91. The van der Waals surface area contributed by atoms with Crippen molar-refractivity contribution in [2.45, 2.75) is 50.8 Å². The van der Waals surface area contributed by atoms with Crippen molar-refractivity contribution >= 4 is 33.5 Å². The van der Waals surface area contributed by atoms with E-state index in [-0.39, 0.29) is 22.8 Å². The average molecular weight is 480 g/mol. The number of hydrogen-bond donors (Lipinski definition) is 2. The first-order valence-electron chi connectivity index (χ1n) is 9.79. The van der Waals surface area contributed by atoms with E-state index in [9.17, 15) is 33.2 Å². The third-order valence-electron chi connectivity index (χ3n) is 4.36. The Labute approximate surface area is 191 Å². The molecule has 0 saturated carbocycles. The van der Waals surface area contributed by atoms with E-state index in [1.165, 1.54) is 55.5 Å². The molecular formula is C21H25N3O8S. The summed E-state index contributed by atoms with van der Waals surface area (Å²) in [4.78, 5) is 33.7. The largest absolute Gasteiger partial charge is 0.480 e. The Morgan fingerprint density at radius 3 is 2.30 bits per heavy atom. The molecule has 12 heteroatoms. The molecule has 11 nitrogen and oxygen atoms in total. The molecule has 2 aromatic carbocycles. The Balaban J connectivity index is 2.37. The van der Waals surface area contributed by atoms with Crippen molar-refractivity contribution in [1.29, 1.82) is 0 Å². The molecule has 2 aromatic rings. The van der Waals surface area contributed by atoms with Crippen LogP contribution in [0, 0.1) is 10.1 Å². The number of nitrogens with zero attached hydrogens (tertiary/aromatic N) is 2. The molecule has 0 heterocycles. The highest BCUT2D eigenvalue weighted by atomic mass is 32.2. The Hall–Kier alpha value is -3.51. The lowest BCUT2D eigenvalue weighted by atomic mass is 10.2. The number of hydrogen-bond acceptors (Lipinski definition) is 7. The molecule has 33 heavy (non-hydrogen) atoms. The van der Waals surface area contributed by atoms with Gasteiger partial charge in [-0.05, 0) is 51.5 Å². The second-order valence-electron chi connectivity index (χ2n) is 8.14. The predicted molar refractivity (Wildman–Crippen MR) is 119 cm³/mol. The maximum absolute atomic E-state index is 13.3. The van der Waals surface area contributed by atoms with Crippen molar-refractivity contribution in [1.82, 2.24) is 4.31 Å². The van der Waals surface area contributed by atoms with Crippen molar-refractivity contribution in [3.63, 3.8) is 0 Å². The van der Waals surface area contributed by atoms with Crippen LogP contribution in [0.1, 0.15) is 33.3 Å². The number of non-ortho nitro benzene ring substituents is 1. The van der Waals surface area contributed by atoms with Crippen molar-refractivity contribution in [2.75, 3.05) is 5.32 Å². The molecule has 1 unspecified atom stereocenters. The van der Waals surface area contributed by atoms with Crippen LogP contribution in [-0.2, 0) is 26.1 Å². The van der Waals surface area contributed by atoms with Gasteiger partial charge < -0.3 is 9.84 Å². The quantitative estimate of drug-likeness (QED) is 0.429. The topological polar surface area (TPSA) is 156 Å². The van der Waals surface area contributed by atoms with Crippen LogP contribution in [-0.4, -0.2) is 46.5 Å². The van der Waals surface area contributed by atoms with Gasteiger partial charge in [-0.15, -0.1) is 0 Å². The third kappa shape index (κ3) is 6.99. The number of benzene rings is 2. The Morgan fingerprint density at radius 2 is 1.79 bits per heavy atom. The van der Waals surface area contributed by atoms with Crippen molar-refractivity contribution in [2.24, 2.45) is 0 Å². The number of carbonyl (C=O) groups excluding carboxylic acids is 1. The monoisotopic (exact) mass is 479 g/mol. The molecule has 2 N–H and O–H groups in total. The van der Waals surface area contributed by atoms with Crippen LogP contribution in [0.25, 0.3) is 0 Å². The molecule has 0 saturated heterocycles. The minimum Gasteiger partial charge on any atom is -0.480 e. The normalized spacial score (nSPS) is 12.8. The van der Waals surface area contributed by atoms with E-state index < -0.39 is 38.7 Å². The number of ether oxygens (including phenoxy) is 1. The van der Waals surface area contributed by atoms with Gasteiger partial charge in [-0.2, -0.15) is 4.31 Å². The standard InChI is InChI=1S/C21H25N3O8S/c1-14(19(25)26)23(13-15-8-10-17(11-9-15)24(28)29)33(30,31)18-7-5-6-16(12-18)22-20(27)32-21(2,3)4/h5-12,14H,13H2,1-4H3,(H,22,27)(H,25,26). The fraction of sp³-hybridized carbons (Fsp3) is 0.333. The van der Waals surface area contributed by atoms with E-state index in [4.69, 9.17) is 4.74 Å². The highest BCUT2D eigenvalue weighted by Gasteiger charge is 2.33. The van der Waals surface area contributed by atoms with E-state index in [1.807, 2.05) is 0 Å². The first kappa shape index (κ1) is 25.7. The SMILES string of the molecule is CC(C(=O)O)N(Cc1ccc([N+](=O)[O-])cc1)S(=O)(=O)c1cccc(NC(=O)OC(C)(C)C)c1. The van der Waals surface area contributed by atoms with Gasteiger partial charge in [0, 0.05) is 24.4 Å². The number of anilines is 1. The van der Waals surface area contributed by atoms with E-state index >= 15 is 0 Å². The number of aliphatic carboxylic acids is 1. The lowest BCUT2D eigenvalue weighted by Gasteiger charge is -2.26. The van der Waals surface area contributed by atoms with Crippen LogP contribution in [0.2, 0.25) is 0 Å². The summed E-state index contributed by atoms with van der Waals surface area (Å²) in [6.07, 6.45) is -0.779. The van der Waals surface area contributed by atoms with Crippen molar-refractivity contribution in [3.05, 3.63) is 64.2 Å². The van der Waals surface area contributed by atoms with Gasteiger partial charge in [0.2, 0.25) is 10.0 Å². The molecule has 0 aromatic heterocycles. The summed E-state index contributed by atoms with van der Waals surface area (Å²) in [5.74, 6) is -1.37. The van der Waals surface area contributed by atoms with E-state index in [2.05, 4.69) is 5.32 Å². The zero-order chi connectivity index (χ0) is 25.0. The average Bonchev–Trinajstić information content (AvgIpc) is 2.70. The Morgan fingerprint density at radius 1 is 1.18 bits per heavy atom. The highest BCUT2D eigenvalue weighted by Crippen LogP contribution is 2.25. The number of carboxylic acid groups (broad SMARTS) is 1. The molecule has 0 aliphatic heterocycles. The summed E-state index contributed by atoms with van der Waals surface area (Å²) in [6, 6.07) is 9.01. The summed E-state index contributed by atoms with van der Waals surface area (Å²) in [5, 5.41) is 22.8. The van der Waals surface area contributed by atoms with E-state index in [0.29, 0.717) is 5.56 Å². The van der Waals surface area contributed by atoms with Gasteiger partial charge in [-0.3, -0.25) is 20.2 Å². The molecule has 1 amide bonds. The minimum absolute atomic E-state index is 0.142. The molecule has 0 aliphatic carbocycles. The molecule has 2 rings (SSSR count). The number of nitrogens with one attached hydrogen (secondary N) is 1. The fourth-order valence-corrected chi connectivity index (χ4v) is 4.37. The zero-order valence-electron chi connectivity index (χ0n) is 18.5. The van der Waals surface area contributed by atoms with Crippen LogP contribution in [0.15, 0.2) is 53.4 Å². The van der Waals surface area contributed by atoms with Gasteiger partial charge >= 0.3 is 12.1 Å². The van der Waals surface area contributed by atoms with Crippen LogP contribution in [0.3, 0.4) is 0 Å². The Kier molecular flexibility index (Phi) is 7.77. The predicted octanol–water partition coefficient (Wildman–Crippen LogP) is 3.61. The fourth-order valence-electron chi connectivity index (χ4n) is 2.75. The second kappa shape index (κ2) is 9.96. The van der Waals surface area contributed by atoms with Gasteiger partial charge in [-0.1, -0.05) is 18.2 Å². The number of amides is 1. The minimum atomic E-state index is -4.34. The van der Waals surface area contributed by atoms with Crippen LogP contribution < -0.4 is 5.32 Å². The lowest BCUT2D eigenvalue weighted by Crippen LogP contribution is -2.42. The molecule has 0 radical (unpaired) electrons. The molecule has 0 bridgehead atoms. The van der Waals surface area contributed by atoms with Crippen LogP contribution in [0.4, 0.5) is 16.2 Å². The second-order valence-corrected chi connectivity index (χ2v) is 10.0. The number of carboxylic acids is 1. The van der Waals surface area contributed by atoms with Gasteiger partial charge in [0.05, 0.1) is 9.82 Å². The van der Waals surface area contributed by atoms with Crippen molar-refractivity contribution in [3.8, 4) is 0 Å². The first-order chi connectivity index (χ1) is 15.2. The molecule has 0 spiro atoms. The van der Waals surface area contributed by atoms with Gasteiger partial charge in [0.15, 0.2) is 0 Å². The maximum atomic E-state index is 13.3. The highest BCUT2D eigenvalue weighted by molar-refractivity contribution is 7.89. The molecule has 1 atom stereocenters. The summed E-state index contributed by atoms with van der Waals surface area (Å²) in [7, 11) is -4.34. The van der Waals surface area contributed by atoms with Gasteiger partial charge in [0.1, 0.15) is 11.6 Å². The first-order valence-corrected chi connectivity index (χ1v) is 11.2. The number of rotatable bonds is 8. The summed E-state index contributed by atoms with van der Waals surface area (Å²) >= 11 is 0. The molecule has 0 aliphatic rings. The van der Waals surface area contributed by atoms with Crippen molar-refractivity contribution < 1.29 is 32.8 Å². The third-order valence-corrected chi connectivity index (χ3v) is 6.27. The van der Waals surface area contributed by atoms with E-state index in [0.717, 1.165) is 4.31 Å². The summed E-state index contributed by atoms with van der Waals surface area (Å²) < 4.78 is 32.6. The van der Waals surface area contributed by atoms with Gasteiger partial charge in [-0.25, -0.2) is 13.2 Å². The molecule has 178 valence electrons. The maximum Gasteiger partial charge on any atom is 0.412 e. The molecule has 0 fully saturated rings. The number of nitro benzene ring substituents is 1. The zero-order valence-corrected chi connectivity index (χ0v) is 19.3. The number of nitro groups is 1.